The van der Waals surface area contributed by atoms with E-state index in [0.29, 0.717) is 16.5 Å². The van der Waals surface area contributed by atoms with Crippen molar-refractivity contribution in [2.45, 2.75) is 4.90 Å². The van der Waals surface area contributed by atoms with Gasteiger partial charge in [-0.25, -0.2) is 13.4 Å². The van der Waals surface area contributed by atoms with Crippen LogP contribution in [-0.2, 0) is 9.84 Å². The minimum absolute atomic E-state index is 0.0142. The second-order valence-electron chi connectivity index (χ2n) is 5.84. The minimum atomic E-state index is -3.50. The summed E-state index contributed by atoms with van der Waals surface area (Å²) in [5.41, 5.74) is 6.23. The van der Waals surface area contributed by atoms with Gasteiger partial charge in [-0.3, -0.25) is 10.2 Å². The third-order valence-corrected chi connectivity index (χ3v) is 4.83. The van der Waals surface area contributed by atoms with Crippen molar-refractivity contribution in [2.24, 2.45) is 5.73 Å². The van der Waals surface area contributed by atoms with Crippen LogP contribution < -0.4 is 10.6 Å². The van der Waals surface area contributed by atoms with E-state index in [9.17, 15) is 13.2 Å². The molecule has 0 radical (unpaired) electrons. The molecule has 1 amide bonds. The predicted octanol–water partition coefficient (Wildman–Crippen LogP) is 1.81. The van der Waals surface area contributed by atoms with Gasteiger partial charge in [-0.05, 0) is 30.3 Å². The lowest BCUT2D eigenvalue weighted by atomic mass is 10.2. The molecule has 0 spiro atoms. The number of rotatable bonds is 5. The van der Waals surface area contributed by atoms with Gasteiger partial charge < -0.3 is 15.6 Å². The average Bonchev–Trinajstić information content (AvgIpc) is 3.20. The maximum Gasteiger partial charge on any atom is 0.294 e. The lowest BCUT2D eigenvalue weighted by Gasteiger charge is -2.20. The highest BCUT2D eigenvalue weighted by atomic mass is 32.2. The second kappa shape index (κ2) is 7.53. The van der Waals surface area contributed by atoms with Crippen LogP contribution in [0.1, 0.15) is 10.4 Å². The summed E-state index contributed by atoms with van der Waals surface area (Å²) in [4.78, 5) is 25.3. The third-order valence-electron chi connectivity index (χ3n) is 3.71. The quantitative estimate of drug-likeness (QED) is 0.339. The fourth-order valence-electron chi connectivity index (χ4n) is 2.41. The number of hydrogen-bond acceptors (Lipinski definition) is 6. The number of sulfone groups is 1. The zero-order chi connectivity index (χ0) is 20.3. The molecule has 144 valence electrons. The number of hydroxylamine groups is 2. The van der Waals surface area contributed by atoms with Crippen molar-refractivity contribution in [2.75, 3.05) is 6.26 Å². The number of H-pyrrole nitrogens is 1. The summed E-state index contributed by atoms with van der Waals surface area (Å²) in [5.74, 6) is -0.580. The Labute approximate surface area is 161 Å². The number of guanidine groups is 1. The number of carbonyl (C=O) groups is 1. The molecule has 3 aromatic rings. The molecule has 0 atom stereocenters. The number of amides is 1. The molecule has 4 N–H and O–H groups in total. The van der Waals surface area contributed by atoms with Crippen molar-refractivity contribution in [1.29, 1.82) is 5.41 Å². The molecule has 1 aromatic heterocycles. The Morgan fingerprint density at radius 1 is 1.21 bits per heavy atom. The molecule has 1 heterocycles. The summed E-state index contributed by atoms with van der Waals surface area (Å²) in [7, 11) is -3.50. The van der Waals surface area contributed by atoms with Crippen molar-refractivity contribution in [3.05, 3.63) is 66.5 Å². The van der Waals surface area contributed by atoms with Gasteiger partial charge in [0.1, 0.15) is 5.82 Å². The second-order valence-corrected chi connectivity index (χ2v) is 7.86. The Bertz CT molecular complexity index is 1130. The first kappa shape index (κ1) is 19.1. The van der Waals surface area contributed by atoms with E-state index in [1.807, 2.05) is 0 Å². The third kappa shape index (κ3) is 4.18. The summed E-state index contributed by atoms with van der Waals surface area (Å²) >= 11 is 0. The number of benzene rings is 2. The van der Waals surface area contributed by atoms with Gasteiger partial charge in [-0.2, -0.15) is 0 Å². The van der Waals surface area contributed by atoms with E-state index < -0.39 is 21.7 Å². The Hall–Kier alpha value is -3.66. The highest BCUT2D eigenvalue weighted by Gasteiger charge is 2.23. The summed E-state index contributed by atoms with van der Waals surface area (Å²) in [6.45, 7) is 0. The molecule has 0 aliphatic carbocycles. The summed E-state index contributed by atoms with van der Waals surface area (Å²) in [5, 5.41) is 8.26. The Morgan fingerprint density at radius 3 is 2.61 bits per heavy atom. The van der Waals surface area contributed by atoms with Crippen LogP contribution in [0.3, 0.4) is 0 Å². The van der Waals surface area contributed by atoms with Crippen molar-refractivity contribution in [1.82, 2.24) is 15.0 Å². The van der Waals surface area contributed by atoms with Gasteiger partial charge >= 0.3 is 0 Å². The molecule has 2 aromatic carbocycles. The molecule has 0 aliphatic heterocycles. The average molecular weight is 399 g/mol. The SMILES string of the molecule is CS(=O)(=O)c1cccc(C(=O)N(Oc2cccc(-c3ncc[nH]3)c2)C(=N)N)c1. The molecular weight excluding hydrogens is 382 g/mol. The minimum Gasteiger partial charge on any atom is -0.369 e. The lowest BCUT2D eigenvalue weighted by molar-refractivity contribution is 0.0153. The number of hydrogen-bond donors (Lipinski definition) is 3. The van der Waals surface area contributed by atoms with Crippen LogP contribution in [-0.4, -0.2) is 41.6 Å². The largest absolute Gasteiger partial charge is 0.369 e. The maximum atomic E-state index is 12.8. The smallest absolute Gasteiger partial charge is 0.294 e. The summed E-state index contributed by atoms with van der Waals surface area (Å²) in [6.07, 6.45) is 4.31. The fraction of sp³-hybridized carbons (Fsp3) is 0.0556. The van der Waals surface area contributed by atoms with Gasteiger partial charge in [-0.1, -0.05) is 18.2 Å². The lowest BCUT2D eigenvalue weighted by Crippen LogP contribution is -2.43. The van der Waals surface area contributed by atoms with E-state index in [1.165, 1.54) is 24.3 Å². The molecule has 0 aliphatic rings. The number of carbonyl (C=O) groups excluding carboxylic acids is 1. The first-order chi connectivity index (χ1) is 13.3. The zero-order valence-corrected chi connectivity index (χ0v) is 15.6. The van der Waals surface area contributed by atoms with Crippen LogP contribution in [0.25, 0.3) is 11.4 Å². The number of nitrogens with two attached hydrogens (primary N) is 1. The molecular formula is C18H17N5O4S. The van der Waals surface area contributed by atoms with Crippen molar-refractivity contribution in [3.63, 3.8) is 0 Å². The number of aromatic nitrogens is 2. The normalized spacial score (nSPS) is 11.0. The van der Waals surface area contributed by atoms with Crippen LogP contribution in [0, 0.1) is 5.41 Å². The number of nitrogens with zero attached hydrogens (tertiary/aromatic N) is 2. The molecule has 0 saturated heterocycles. The van der Waals surface area contributed by atoms with Gasteiger partial charge in [0.15, 0.2) is 15.6 Å². The zero-order valence-electron chi connectivity index (χ0n) is 14.8. The van der Waals surface area contributed by atoms with Crippen LogP contribution >= 0.6 is 0 Å². The number of aromatic amines is 1. The van der Waals surface area contributed by atoms with Crippen LogP contribution in [0.15, 0.2) is 65.8 Å². The standard InChI is InChI=1S/C18H17N5O4S/c1-28(25,26)15-7-3-5-13(11-15)17(24)23(18(19)20)27-14-6-2-4-12(10-14)16-21-8-9-22-16/h2-11H,1H3,(H3,19,20)(H,21,22). The predicted molar refractivity (Wildman–Crippen MR) is 102 cm³/mol. The molecule has 28 heavy (non-hydrogen) atoms. The Morgan fingerprint density at radius 2 is 1.96 bits per heavy atom. The van der Waals surface area contributed by atoms with Gasteiger partial charge in [0.05, 0.1) is 4.90 Å². The molecule has 10 heteroatoms. The molecule has 0 unspecified atom stereocenters. The highest BCUT2D eigenvalue weighted by molar-refractivity contribution is 7.90. The monoisotopic (exact) mass is 399 g/mol. The van der Waals surface area contributed by atoms with Gasteiger partial charge in [-0.15, -0.1) is 5.06 Å². The van der Waals surface area contributed by atoms with Crippen molar-refractivity contribution < 1.29 is 18.0 Å². The van der Waals surface area contributed by atoms with E-state index in [2.05, 4.69) is 9.97 Å². The number of nitrogens with one attached hydrogen (secondary N) is 2. The van der Waals surface area contributed by atoms with Crippen molar-refractivity contribution >= 4 is 21.7 Å². The van der Waals surface area contributed by atoms with Crippen LogP contribution in [0.5, 0.6) is 5.75 Å². The Kier molecular flexibility index (Phi) is 5.14. The van der Waals surface area contributed by atoms with E-state index in [4.69, 9.17) is 16.0 Å². The first-order valence-electron chi connectivity index (χ1n) is 8.02. The van der Waals surface area contributed by atoms with Gasteiger partial charge in [0, 0.05) is 29.8 Å². The van der Waals surface area contributed by atoms with Crippen LogP contribution in [0.4, 0.5) is 0 Å². The van der Waals surface area contributed by atoms with Gasteiger partial charge in [0.2, 0.25) is 5.96 Å². The molecule has 9 nitrogen and oxygen atoms in total. The Balaban J connectivity index is 1.90. The first-order valence-corrected chi connectivity index (χ1v) is 9.91. The van der Waals surface area contributed by atoms with E-state index in [1.54, 1.807) is 36.7 Å². The fourth-order valence-corrected chi connectivity index (χ4v) is 3.07. The van der Waals surface area contributed by atoms with Gasteiger partial charge in [0.25, 0.3) is 5.91 Å². The topological polar surface area (TPSA) is 142 Å². The molecule has 0 fully saturated rings. The highest BCUT2D eigenvalue weighted by Crippen LogP contribution is 2.22. The van der Waals surface area contributed by atoms with E-state index >= 15 is 0 Å². The summed E-state index contributed by atoms with van der Waals surface area (Å²) < 4.78 is 23.4. The van der Waals surface area contributed by atoms with Crippen molar-refractivity contribution in [3.8, 4) is 17.1 Å². The van der Waals surface area contributed by atoms with E-state index in [0.717, 1.165) is 6.26 Å². The number of imidazole rings is 1. The molecule has 0 bridgehead atoms. The van der Waals surface area contributed by atoms with Crippen LogP contribution in [0.2, 0.25) is 0 Å². The molecule has 3 rings (SSSR count). The van der Waals surface area contributed by atoms with E-state index in [-0.39, 0.29) is 16.2 Å². The summed E-state index contributed by atoms with van der Waals surface area (Å²) in [6, 6.07) is 12.1. The maximum absolute atomic E-state index is 12.8. The molecule has 0 saturated carbocycles.